The zero-order valence-corrected chi connectivity index (χ0v) is 16.0. The summed E-state index contributed by atoms with van der Waals surface area (Å²) < 4.78 is 0. The van der Waals surface area contributed by atoms with Crippen molar-refractivity contribution in [1.82, 2.24) is 14.8 Å². The lowest BCUT2D eigenvalue weighted by molar-refractivity contribution is -0.158. The summed E-state index contributed by atoms with van der Waals surface area (Å²) in [6, 6.07) is 9.76. The van der Waals surface area contributed by atoms with Crippen LogP contribution in [0.15, 0.2) is 42.6 Å². The third-order valence-electron chi connectivity index (χ3n) is 4.37. The van der Waals surface area contributed by atoms with E-state index in [-0.39, 0.29) is 24.4 Å². The topological polar surface area (TPSA) is 53.5 Å². The summed E-state index contributed by atoms with van der Waals surface area (Å²) in [6.45, 7) is 4.16. The Labute approximate surface area is 162 Å². The van der Waals surface area contributed by atoms with Gasteiger partial charge in [-0.05, 0) is 43.7 Å². The summed E-state index contributed by atoms with van der Waals surface area (Å²) in [5, 5.41) is 1.10. The molecular weight excluding hydrogens is 373 g/mol. The van der Waals surface area contributed by atoms with Crippen molar-refractivity contribution in [2.24, 2.45) is 0 Å². The number of benzene rings is 1. The number of piperazine rings is 1. The van der Waals surface area contributed by atoms with Gasteiger partial charge in [-0.15, -0.1) is 0 Å². The molecule has 0 aliphatic carbocycles. The third-order valence-corrected chi connectivity index (χ3v) is 4.85. The maximum atomic E-state index is 13.1. The Hall–Kier alpha value is -2.11. The van der Waals surface area contributed by atoms with Crippen LogP contribution in [0.2, 0.25) is 10.0 Å². The van der Waals surface area contributed by atoms with Crippen molar-refractivity contribution in [3.8, 4) is 0 Å². The molecule has 1 atom stereocenters. The first-order chi connectivity index (χ1) is 12.4. The van der Waals surface area contributed by atoms with Crippen LogP contribution in [-0.2, 0) is 16.1 Å². The number of hydrogen-bond donors (Lipinski definition) is 0. The van der Waals surface area contributed by atoms with Crippen molar-refractivity contribution in [2.75, 3.05) is 6.54 Å². The molecule has 1 saturated heterocycles. The average Bonchev–Trinajstić information content (AvgIpc) is 2.61. The van der Waals surface area contributed by atoms with E-state index in [9.17, 15) is 9.59 Å². The van der Waals surface area contributed by atoms with Crippen molar-refractivity contribution in [3.05, 3.63) is 63.9 Å². The molecule has 0 spiro atoms. The molecule has 1 aliphatic rings. The fourth-order valence-corrected chi connectivity index (χ4v) is 3.22. The minimum atomic E-state index is -0.772. The molecule has 0 N–H and O–H groups in total. The van der Waals surface area contributed by atoms with E-state index < -0.39 is 6.04 Å². The van der Waals surface area contributed by atoms with E-state index in [0.717, 1.165) is 5.56 Å². The van der Waals surface area contributed by atoms with Gasteiger partial charge in [0.05, 0.1) is 10.7 Å². The minimum absolute atomic E-state index is 0.0637. The molecule has 5 nitrogen and oxygen atoms in total. The second-order valence-corrected chi connectivity index (χ2v) is 7.38. The van der Waals surface area contributed by atoms with Gasteiger partial charge in [0, 0.05) is 23.8 Å². The molecule has 2 aromatic rings. The summed E-state index contributed by atoms with van der Waals surface area (Å²) in [5.41, 5.74) is 1.40. The van der Waals surface area contributed by atoms with Crippen LogP contribution in [0.4, 0.5) is 0 Å². The summed E-state index contributed by atoms with van der Waals surface area (Å²) in [4.78, 5) is 33.4. The first-order valence-corrected chi connectivity index (χ1v) is 9.08. The molecule has 7 heteroatoms. The van der Waals surface area contributed by atoms with E-state index in [0.29, 0.717) is 22.3 Å². The second-order valence-electron chi connectivity index (χ2n) is 6.51. The van der Waals surface area contributed by atoms with Crippen LogP contribution in [-0.4, -0.2) is 39.2 Å². The number of carbonyl (C=O) groups excluding carboxylic acids is 2. The third kappa shape index (κ3) is 3.84. The van der Waals surface area contributed by atoms with E-state index in [2.05, 4.69) is 4.98 Å². The predicted molar refractivity (Wildman–Crippen MR) is 101 cm³/mol. The fourth-order valence-electron chi connectivity index (χ4n) is 2.99. The molecule has 1 aromatic carbocycles. The van der Waals surface area contributed by atoms with Gasteiger partial charge in [-0.2, -0.15) is 0 Å². The molecule has 0 saturated carbocycles. The van der Waals surface area contributed by atoms with Gasteiger partial charge in [0.2, 0.25) is 5.91 Å². The maximum absolute atomic E-state index is 13.1. The van der Waals surface area contributed by atoms with Crippen LogP contribution in [0.1, 0.15) is 31.1 Å². The van der Waals surface area contributed by atoms with E-state index >= 15 is 0 Å². The predicted octanol–water partition coefficient (Wildman–Crippen LogP) is 3.71. The van der Waals surface area contributed by atoms with Crippen molar-refractivity contribution in [3.63, 3.8) is 0 Å². The molecule has 136 valence electrons. The van der Waals surface area contributed by atoms with Crippen molar-refractivity contribution in [2.45, 2.75) is 32.5 Å². The standard InChI is InChI=1S/C19H19Cl2N3O2/c1-12(2)23-11-17(25)24(10-13-3-5-14(20)6-4-13)18(19(23)26)16-8-7-15(21)9-22-16/h3-9,12,18H,10-11H2,1-2H3. The van der Waals surface area contributed by atoms with Gasteiger partial charge < -0.3 is 9.80 Å². The highest BCUT2D eigenvalue weighted by Crippen LogP contribution is 2.29. The number of rotatable bonds is 4. The Kier molecular flexibility index (Phi) is 5.49. The second kappa shape index (κ2) is 7.64. The lowest BCUT2D eigenvalue weighted by atomic mass is 10.0. The average molecular weight is 392 g/mol. The van der Waals surface area contributed by atoms with Gasteiger partial charge in [-0.3, -0.25) is 14.6 Å². The SMILES string of the molecule is CC(C)N1CC(=O)N(Cc2ccc(Cl)cc2)C(c2ccc(Cl)cn2)C1=O. The van der Waals surface area contributed by atoms with E-state index in [1.54, 1.807) is 34.1 Å². The van der Waals surface area contributed by atoms with Gasteiger partial charge in [0.25, 0.3) is 5.91 Å². The monoisotopic (exact) mass is 391 g/mol. The first kappa shape index (κ1) is 18.7. The Morgan fingerprint density at radius 1 is 1.08 bits per heavy atom. The molecule has 2 heterocycles. The number of nitrogens with zero attached hydrogens (tertiary/aromatic N) is 3. The number of hydrogen-bond acceptors (Lipinski definition) is 3. The van der Waals surface area contributed by atoms with Crippen LogP contribution >= 0.6 is 23.2 Å². The highest BCUT2D eigenvalue weighted by molar-refractivity contribution is 6.30. The van der Waals surface area contributed by atoms with Crippen LogP contribution in [0.25, 0.3) is 0 Å². The summed E-state index contributed by atoms with van der Waals surface area (Å²) in [7, 11) is 0. The van der Waals surface area contributed by atoms with E-state index in [4.69, 9.17) is 23.2 Å². The zero-order valence-electron chi connectivity index (χ0n) is 14.5. The fraction of sp³-hybridized carbons (Fsp3) is 0.316. The lowest BCUT2D eigenvalue weighted by Gasteiger charge is -2.41. The molecule has 1 unspecified atom stereocenters. The molecule has 1 aliphatic heterocycles. The molecule has 2 amide bonds. The molecule has 1 aromatic heterocycles. The number of amides is 2. The molecule has 0 bridgehead atoms. The number of carbonyl (C=O) groups is 2. The van der Waals surface area contributed by atoms with Crippen LogP contribution in [0, 0.1) is 0 Å². The van der Waals surface area contributed by atoms with Gasteiger partial charge >= 0.3 is 0 Å². The van der Waals surface area contributed by atoms with Crippen LogP contribution in [0.3, 0.4) is 0 Å². The van der Waals surface area contributed by atoms with E-state index in [1.165, 1.54) is 6.20 Å². The van der Waals surface area contributed by atoms with Gasteiger partial charge in [0.15, 0.2) is 6.04 Å². The number of aromatic nitrogens is 1. The Morgan fingerprint density at radius 2 is 1.73 bits per heavy atom. The molecule has 26 heavy (non-hydrogen) atoms. The highest BCUT2D eigenvalue weighted by Gasteiger charge is 2.41. The molecule has 3 rings (SSSR count). The molecular formula is C19H19Cl2N3O2. The smallest absolute Gasteiger partial charge is 0.252 e. The maximum Gasteiger partial charge on any atom is 0.252 e. The summed E-state index contributed by atoms with van der Waals surface area (Å²) in [6.07, 6.45) is 1.49. The number of halogens is 2. The Bertz CT molecular complexity index is 807. The normalized spacial score (nSPS) is 18.0. The lowest BCUT2D eigenvalue weighted by Crippen LogP contribution is -2.57. The number of pyridine rings is 1. The molecule has 0 radical (unpaired) electrons. The Balaban J connectivity index is 1.98. The van der Waals surface area contributed by atoms with Gasteiger partial charge in [-0.1, -0.05) is 35.3 Å². The van der Waals surface area contributed by atoms with E-state index in [1.807, 2.05) is 26.0 Å². The van der Waals surface area contributed by atoms with Crippen LogP contribution < -0.4 is 0 Å². The summed E-state index contributed by atoms with van der Waals surface area (Å²) >= 11 is 11.9. The van der Waals surface area contributed by atoms with Gasteiger partial charge in [-0.25, -0.2) is 0 Å². The minimum Gasteiger partial charge on any atom is -0.329 e. The highest BCUT2D eigenvalue weighted by atomic mass is 35.5. The quantitative estimate of drug-likeness (QED) is 0.797. The van der Waals surface area contributed by atoms with Crippen molar-refractivity contribution in [1.29, 1.82) is 0 Å². The van der Waals surface area contributed by atoms with Crippen molar-refractivity contribution < 1.29 is 9.59 Å². The van der Waals surface area contributed by atoms with Crippen molar-refractivity contribution >= 4 is 35.0 Å². The largest absolute Gasteiger partial charge is 0.329 e. The zero-order chi connectivity index (χ0) is 18.8. The van der Waals surface area contributed by atoms with Gasteiger partial charge in [0.1, 0.15) is 6.54 Å². The summed E-state index contributed by atoms with van der Waals surface area (Å²) in [5.74, 6) is -0.251. The first-order valence-electron chi connectivity index (χ1n) is 8.32. The van der Waals surface area contributed by atoms with Crippen LogP contribution in [0.5, 0.6) is 0 Å². The Morgan fingerprint density at radius 3 is 2.31 bits per heavy atom. The molecule has 1 fully saturated rings.